The highest BCUT2D eigenvalue weighted by atomic mass is 16.6. The van der Waals surface area contributed by atoms with Gasteiger partial charge in [0.2, 0.25) is 6.54 Å². The predicted octanol–water partition coefficient (Wildman–Crippen LogP) is 0.812. The number of rotatable bonds is 6. The monoisotopic (exact) mass is 217 g/mol. The summed E-state index contributed by atoms with van der Waals surface area (Å²) < 4.78 is 4.41. The summed E-state index contributed by atoms with van der Waals surface area (Å²) in [6, 6.07) is 0. The standard InChI is InChI=1S/C9H15NO5/c1-4-7(11)9(2,6-10(13)14)5-8(12)15-3/h4-6H2,1-3H3. The molecule has 0 amide bonds. The number of ketones is 1. The van der Waals surface area contributed by atoms with Crippen LogP contribution in [0.3, 0.4) is 0 Å². The second-order valence-electron chi connectivity index (χ2n) is 3.58. The van der Waals surface area contributed by atoms with Crippen molar-refractivity contribution in [3.63, 3.8) is 0 Å². The van der Waals surface area contributed by atoms with E-state index < -0.39 is 22.9 Å². The van der Waals surface area contributed by atoms with Gasteiger partial charge in [0, 0.05) is 11.3 Å². The van der Waals surface area contributed by atoms with E-state index in [2.05, 4.69) is 4.74 Å². The second kappa shape index (κ2) is 5.43. The molecule has 6 nitrogen and oxygen atoms in total. The highest BCUT2D eigenvalue weighted by Crippen LogP contribution is 2.25. The lowest BCUT2D eigenvalue weighted by atomic mass is 9.81. The van der Waals surface area contributed by atoms with Gasteiger partial charge in [-0.05, 0) is 6.92 Å². The Morgan fingerprint density at radius 3 is 2.33 bits per heavy atom. The summed E-state index contributed by atoms with van der Waals surface area (Å²) in [5.41, 5.74) is -1.26. The van der Waals surface area contributed by atoms with Gasteiger partial charge in [-0.2, -0.15) is 0 Å². The van der Waals surface area contributed by atoms with Crippen molar-refractivity contribution in [1.82, 2.24) is 0 Å². The first-order valence-electron chi connectivity index (χ1n) is 4.57. The Kier molecular flexibility index (Phi) is 4.90. The zero-order valence-corrected chi connectivity index (χ0v) is 9.11. The Balaban J connectivity index is 4.76. The van der Waals surface area contributed by atoms with E-state index in [-0.39, 0.29) is 18.6 Å². The molecule has 0 radical (unpaired) electrons. The predicted molar refractivity (Wildman–Crippen MR) is 51.9 cm³/mol. The van der Waals surface area contributed by atoms with Crippen LogP contribution in [0.25, 0.3) is 0 Å². The average molecular weight is 217 g/mol. The van der Waals surface area contributed by atoms with Gasteiger partial charge in [0.05, 0.1) is 13.5 Å². The number of Topliss-reactive ketones (excluding diaryl/α,β-unsaturated/α-hetero) is 1. The van der Waals surface area contributed by atoms with Crippen molar-refractivity contribution in [2.45, 2.75) is 26.7 Å². The van der Waals surface area contributed by atoms with Crippen LogP contribution in [0.15, 0.2) is 0 Å². The molecule has 0 N–H and O–H groups in total. The maximum atomic E-state index is 11.5. The second-order valence-corrected chi connectivity index (χ2v) is 3.58. The zero-order valence-electron chi connectivity index (χ0n) is 9.11. The summed E-state index contributed by atoms with van der Waals surface area (Å²) in [6.07, 6.45) is -0.0848. The number of esters is 1. The normalized spacial score (nSPS) is 14.1. The molecule has 0 spiro atoms. The zero-order chi connectivity index (χ0) is 12.1. The molecule has 6 heteroatoms. The molecule has 1 unspecified atom stereocenters. The number of carbonyl (C=O) groups is 2. The molecule has 0 rings (SSSR count). The molecular formula is C9H15NO5. The third-order valence-corrected chi connectivity index (χ3v) is 2.23. The fraction of sp³-hybridized carbons (Fsp3) is 0.778. The molecule has 0 saturated heterocycles. The van der Waals surface area contributed by atoms with Crippen molar-refractivity contribution < 1.29 is 19.2 Å². The lowest BCUT2D eigenvalue weighted by Crippen LogP contribution is -2.37. The van der Waals surface area contributed by atoms with Gasteiger partial charge in [0.1, 0.15) is 11.2 Å². The first kappa shape index (κ1) is 13.5. The molecule has 1 atom stereocenters. The van der Waals surface area contributed by atoms with E-state index in [0.717, 1.165) is 0 Å². The van der Waals surface area contributed by atoms with Crippen LogP contribution < -0.4 is 0 Å². The van der Waals surface area contributed by atoms with E-state index >= 15 is 0 Å². The number of nitrogens with zero attached hydrogens (tertiary/aromatic N) is 1. The van der Waals surface area contributed by atoms with Crippen LogP contribution in [0.2, 0.25) is 0 Å². The molecular weight excluding hydrogens is 202 g/mol. The van der Waals surface area contributed by atoms with E-state index in [9.17, 15) is 19.7 Å². The van der Waals surface area contributed by atoms with Crippen molar-refractivity contribution in [3.8, 4) is 0 Å². The number of nitro groups is 1. The molecule has 0 aromatic rings. The summed E-state index contributed by atoms with van der Waals surface area (Å²) >= 11 is 0. The number of hydrogen-bond acceptors (Lipinski definition) is 5. The quantitative estimate of drug-likeness (QED) is 0.373. The highest BCUT2D eigenvalue weighted by Gasteiger charge is 2.39. The van der Waals surface area contributed by atoms with E-state index in [1.807, 2.05) is 0 Å². The molecule has 0 aromatic heterocycles. The third-order valence-electron chi connectivity index (χ3n) is 2.23. The van der Waals surface area contributed by atoms with Gasteiger partial charge in [-0.3, -0.25) is 19.7 Å². The van der Waals surface area contributed by atoms with E-state index in [1.54, 1.807) is 6.92 Å². The van der Waals surface area contributed by atoms with Crippen molar-refractivity contribution in [1.29, 1.82) is 0 Å². The Morgan fingerprint density at radius 1 is 1.47 bits per heavy atom. The van der Waals surface area contributed by atoms with Crippen LogP contribution in [-0.4, -0.2) is 30.3 Å². The first-order valence-corrected chi connectivity index (χ1v) is 4.57. The molecule has 0 aliphatic rings. The van der Waals surface area contributed by atoms with Gasteiger partial charge in [0.25, 0.3) is 0 Å². The van der Waals surface area contributed by atoms with E-state index in [0.29, 0.717) is 0 Å². The maximum Gasteiger partial charge on any atom is 0.306 e. The average Bonchev–Trinajstić information content (AvgIpc) is 2.14. The lowest BCUT2D eigenvalue weighted by Gasteiger charge is -2.21. The molecule has 0 fully saturated rings. The molecule has 0 aliphatic heterocycles. The summed E-state index contributed by atoms with van der Waals surface area (Å²) in [5.74, 6) is -0.911. The summed E-state index contributed by atoms with van der Waals surface area (Å²) in [7, 11) is 1.19. The van der Waals surface area contributed by atoms with Crippen LogP contribution >= 0.6 is 0 Å². The Bertz CT molecular complexity index is 276. The van der Waals surface area contributed by atoms with Crippen molar-refractivity contribution in [3.05, 3.63) is 10.1 Å². The Labute approximate surface area is 87.7 Å². The smallest absolute Gasteiger partial charge is 0.306 e. The van der Waals surface area contributed by atoms with Crippen LogP contribution in [0, 0.1) is 15.5 Å². The van der Waals surface area contributed by atoms with Crippen LogP contribution in [0.1, 0.15) is 26.7 Å². The van der Waals surface area contributed by atoms with Crippen LogP contribution in [-0.2, 0) is 14.3 Å². The number of hydrogen-bond donors (Lipinski definition) is 0. The molecule has 15 heavy (non-hydrogen) atoms. The fourth-order valence-electron chi connectivity index (χ4n) is 1.35. The Morgan fingerprint density at radius 2 is 2.00 bits per heavy atom. The van der Waals surface area contributed by atoms with Gasteiger partial charge in [-0.15, -0.1) is 0 Å². The molecule has 0 aliphatic carbocycles. The first-order chi connectivity index (χ1) is 6.85. The Hall–Kier alpha value is -1.46. The van der Waals surface area contributed by atoms with Crippen molar-refractivity contribution >= 4 is 11.8 Å². The largest absolute Gasteiger partial charge is 0.469 e. The maximum absolute atomic E-state index is 11.5. The fourth-order valence-corrected chi connectivity index (χ4v) is 1.35. The van der Waals surface area contributed by atoms with Gasteiger partial charge >= 0.3 is 5.97 Å². The minimum atomic E-state index is -1.26. The SMILES string of the molecule is CCC(=O)C(C)(CC(=O)OC)C[N+](=O)[O-]. The van der Waals surface area contributed by atoms with Gasteiger partial charge in [-0.1, -0.05) is 6.92 Å². The van der Waals surface area contributed by atoms with E-state index in [4.69, 9.17) is 0 Å². The molecule has 0 aromatic carbocycles. The minimum Gasteiger partial charge on any atom is -0.469 e. The summed E-state index contributed by atoms with van der Waals surface area (Å²) in [4.78, 5) is 32.4. The molecule has 0 saturated carbocycles. The van der Waals surface area contributed by atoms with Crippen LogP contribution in [0.5, 0.6) is 0 Å². The van der Waals surface area contributed by atoms with Gasteiger partial charge in [-0.25, -0.2) is 0 Å². The topological polar surface area (TPSA) is 86.5 Å². The van der Waals surface area contributed by atoms with E-state index in [1.165, 1.54) is 14.0 Å². The third kappa shape index (κ3) is 4.05. The van der Waals surface area contributed by atoms with Crippen molar-refractivity contribution in [2.75, 3.05) is 13.7 Å². The lowest BCUT2D eigenvalue weighted by molar-refractivity contribution is -0.493. The summed E-state index contributed by atoms with van der Waals surface area (Å²) in [5, 5.41) is 10.4. The number of methoxy groups -OCH3 is 1. The molecule has 0 heterocycles. The van der Waals surface area contributed by atoms with Crippen LogP contribution in [0.4, 0.5) is 0 Å². The van der Waals surface area contributed by atoms with Gasteiger partial charge in [0.15, 0.2) is 0 Å². The highest BCUT2D eigenvalue weighted by molar-refractivity contribution is 5.88. The number of ether oxygens (including phenoxy) is 1. The van der Waals surface area contributed by atoms with Crippen molar-refractivity contribution in [2.24, 2.45) is 5.41 Å². The van der Waals surface area contributed by atoms with Gasteiger partial charge < -0.3 is 4.74 Å². The summed E-state index contributed by atoms with van der Waals surface area (Å²) in [6.45, 7) is 2.48. The molecule has 0 bridgehead atoms. The number of carbonyl (C=O) groups excluding carboxylic acids is 2. The molecule has 86 valence electrons. The minimum absolute atomic E-state index is 0.168.